The van der Waals surface area contributed by atoms with Gasteiger partial charge in [-0.05, 0) is 12.8 Å². The zero-order valence-corrected chi connectivity index (χ0v) is 8.63. The van der Waals surface area contributed by atoms with Crippen LogP contribution in [0.2, 0.25) is 0 Å². The highest BCUT2D eigenvalue weighted by Gasteiger charge is 2.28. The summed E-state index contributed by atoms with van der Waals surface area (Å²) < 4.78 is 0. The van der Waals surface area contributed by atoms with Gasteiger partial charge in [0.1, 0.15) is 0 Å². The Morgan fingerprint density at radius 3 is 3.00 bits per heavy atom. The van der Waals surface area contributed by atoms with Crippen LogP contribution in [0.3, 0.4) is 0 Å². The van der Waals surface area contributed by atoms with Gasteiger partial charge in [0.05, 0.1) is 17.2 Å². The van der Waals surface area contributed by atoms with Gasteiger partial charge in [0.15, 0.2) is 0 Å². The van der Waals surface area contributed by atoms with Crippen LogP contribution in [0.15, 0.2) is 0 Å². The molecule has 1 aliphatic rings. The smallest absolute Gasteiger partial charge is 0.235 e. The highest BCUT2D eigenvalue weighted by Crippen LogP contribution is 2.17. The summed E-state index contributed by atoms with van der Waals surface area (Å²) in [4.78, 5) is 13.3. The normalized spacial score (nSPS) is 24.1. The second-order valence-corrected chi connectivity index (χ2v) is 3.95. The van der Waals surface area contributed by atoms with Crippen molar-refractivity contribution in [3.63, 3.8) is 0 Å². The molecule has 1 amide bonds. The van der Waals surface area contributed by atoms with Crippen molar-refractivity contribution in [3.05, 3.63) is 0 Å². The molecule has 0 aromatic carbocycles. The van der Waals surface area contributed by atoms with E-state index in [1.807, 2.05) is 6.92 Å². The number of hydrogen-bond acceptors (Lipinski definition) is 3. The number of nitrogens with zero attached hydrogens (tertiary/aromatic N) is 2. The number of carbonyl (C=O) groups excluding carboxylic acids is 1. The Bertz CT molecular complexity index is 236. The molecule has 2 atom stereocenters. The van der Waals surface area contributed by atoms with Crippen LogP contribution in [0.25, 0.3) is 0 Å². The fourth-order valence-corrected chi connectivity index (χ4v) is 1.61. The molecule has 0 radical (unpaired) electrons. The lowest BCUT2D eigenvalue weighted by molar-refractivity contribution is -0.129. The third-order valence-corrected chi connectivity index (χ3v) is 2.94. The average molecular weight is 198 g/mol. The topological polar surface area (TPSA) is 44.1 Å². The quantitative estimate of drug-likeness (QED) is 0.674. The second kappa shape index (κ2) is 4.52. The number of likely N-dealkylation sites (tertiary alicyclic amines) is 1. The molecule has 3 nitrogen and oxygen atoms in total. The van der Waals surface area contributed by atoms with E-state index in [0.29, 0.717) is 13.1 Å². The molecular formula is C9H14N2OS. The Labute approximate surface area is 84.1 Å². The standard InChI is InChI=1S/C9H14N2OS/c1-2-8(13)9(12)11-4-3-7(5-10)6-11/h7-8,13H,2-4,6H2,1H3. The first-order valence-electron chi connectivity index (χ1n) is 4.55. The zero-order valence-electron chi connectivity index (χ0n) is 7.73. The van der Waals surface area contributed by atoms with E-state index in [4.69, 9.17) is 5.26 Å². The molecule has 1 rings (SSSR count). The van der Waals surface area contributed by atoms with Crippen molar-refractivity contribution in [1.82, 2.24) is 4.90 Å². The fourth-order valence-electron chi connectivity index (χ4n) is 1.45. The van der Waals surface area contributed by atoms with E-state index in [0.717, 1.165) is 12.8 Å². The highest BCUT2D eigenvalue weighted by atomic mass is 32.1. The van der Waals surface area contributed by atoms with Crippen LogP contribution < -0.4 is 0 Å². The first kappa shape index (κ1) is 10.4. The van der Waals surface area contributed by atoms with Crippen LogP contribution in [-0.2, 0) is 4.79 Å². The van der Waals surface area contributed by atoms with E-state index in [2.05, 4.69) is 18.7 Å². The van der Waals surface area contributed by atoms with Gasteiger partial charge in [0.25, 0.3) is 0 Å². The summed E-state index contributed by atoms with van der Waals surface area (Å²) >= 11 is 4.18. The Balaban J connectivity index is 2.47. The maximum absolute atomic E-state index is 11.6. The molecular weight excluding hydrogens is 184 g/mol. The summed E-state index contributed by atoms with van der Waals surface area (Å²) in [5.74, 6) is 0.102. The monoisotopic (exact) mass is 198 g/mol. The summed E-state index contributed by atoms with van der Waals surface area (Å²) in [5.41, 5.74) is 0. The lowest BCUT2D eigenvalue weighted by Gasteiger charge is -2.18. The van der Waals surface area contributed by atoms with Crippen LogP contribution in [0.1, 0.15) is 19.8 Å². The molecule has 0 saturated carbocycles. The van der Waals surface area contributed by atoms with Crippen molar-refractivity contribution in [1.29, 1.82) is 5.26 Å². The van der Waals surface area contributed by atoms with Crippen molar-refractivity contribution < 1.29 is 4.79 Å². The molecule has 0 aromatic heterocycles. The summed E-state index contributed by atoms with van der Waals surface area (Å²) in [6, 6.07) is 2.19. The van der Waals surface area contributed by atoms with Gasteiger partial charge in [-0.1, -0.05) is 6.92 Å². The van der Waals surface area contributed by atoms with E-state index in [-0.39, 0.29) is 17.1 Å². The Morgan fingerprint density at radius 2 is 2.54 bits per heavy atom. The molecule has 1 fully saturated rings. The first-order chi connectivity index (χ1) is 6.19. The molecule has 1 saturated heterocycles. The predicted molar refractivity (Wildman–Crippen MR) is 53.4 cm³/mol. The van der Waals surface area contributed by atoms with Crippen LogP contribution in [-0.4, -0.2) is 29.1 Å². The van der Waals surface area contributed by atoms with Crippen molar-refractivity contribution in [2.24, 2.45) is 5.92 Å². The molecule has 0 bridgehead atoms. The molecule has 13 heavy (non-hydrogen) atoms. The molecule has 1 heterocycles. The van der Waals surface area contributed by atoms with Gasteiger partial charge in [-0.2, -0.15) is 17.9 Å². The number of amides is 1. The van der Waals surface area contributed by atoms with Gasteiger partial charge in [0.2, 0.25) is 5.91 Å². The van der Waals surface area contributed by atoms with Crippen molar-refractivity contribution in [3.8, 4) is 6.07 Å². The number of carbonyl (C=O) groups is 1. The summed E-state index contributed by atoms with van der Waals surface area (Å²) in [6.45, 7) is 3.24. The van der Waals surface area contributed by atoms with Crippen LogP contribution >= 0.6 is 12.6 Å². The summed E-state index contributed by atoms with van der Waals surface area (Å²) in [6.07, 6.45) is 1.56. The van der Waals surface area contributed by atoms with Crippen molar-refractivity contribution in [2.45, 2.75) is 25.0 Å². The van der Waals surface area contributed by atoms with Gasteiger partial charge in [-0.25, -0.2) is 0 Å². The van der Waals surface area contributed by atoms with Gasteiger partial charge in [0, 0.05) is 13.1 Å². The zero-order chi connectivity index (χ0) is 9.84. The SMILES string of the molecule is CCC(S)C(=O)N1CCC(C#N)C1. The van der Waals surface area contributed by atoms with Crippen LogP contribution in [0.4, 0.5) is 0 Å². The Morgan fingerprint density at radius 1 is 1.85 bits per heavy atom. The van der Waals surface area contributed by atoms with Gasteiger partial charge >= 0.3 is 0 Å². The van der Waals surface area contributed by atoms with Crippen molar-refractivity contribution >= 4 is 18.5 Å². The third-order valence-electron chi connectivity index (χ3n) is 2.35. The van der Waals surface area contributed by atoms with Gasteiger partial charge in [-0.15, -0.1) is 0 Å². The maximum Gasteiger partial charge on any atom is 0.235 e. The minimum Gasteiger partial charge on any atom is -0.340 e. The minimum atomic E-state index is -0.197. The largest absolute Gasteiger partial charge is 0.340 e. The molecule has 0 aromatic rings. The Kier molecular flexibility index (Phi) is 3.61. The van der Waals surface area contributed by atoms with E-state index < -0.39 is 0 Å². The first-order valence-corrected chi connectivity index (χ1v) is 5.07. The lowest BCUT2D eigenvalue weighted by Crippen LogP contribution is -2.34. The molecule has 2 unspecified atom stereocenters. The number of thiol groups is 1. The average Bonchev–Trinajstić information content (AvgIpc) is 2.63. The fraction of sp³-hybridized carbons (Fsp3) is 0.778. The molecule has 1 aliphatic heterocycles. The van der Waals surface area contributed by atoms with E-state index in [1.54, 1.807) is 4.90 Å². The van der Waals surface area contributed by atoms with E-state index in [1.165, 1.54) is 0 Å². The number of nitriles is 1. The second-order valence-electron chi connectivity index (χ2n) is 3.32. The number of rotatable bonds is 2. The molecule has 72 valence electrons. The van der Waals surface area contributed by atoms with Crippen LogP contribution in [0, 0.1) is 17.2 Å². The molecule has 0 spiro atoms. The number of hydrogen-bond donors (Lipinski definition) is 1. The lowest BCUT2D eigenvalue weighted by atomic mass is 10.1. The molecule has 0 aliphatic carbocycles. The summed E-state index contributed by atoms with van der Waals surface area (Å²) in [5, 5.41) is 8.46. The third kappa shape index (κ3) is 2.38. The summed E-state index contributed by atoms with van der Waals surface area (Å²) in [7, 11) is 0. The van der Waals surface area contributed by atoms with Gasteiger partial charge < -0.3 is 4.90 Å². The van der Waals surface area contributed by atoms with E-state index >= 15 is 0 Å². The predicted octanol–water partition coefficient (Wildman–Crippen LogP) is 1.07. The van der Waals surface area contributed by atoms with Crippen LogP contribution in [0.5, 0.6) is 0 Å². The minimum absolute atomic E-state index is 0.0290. The molecule has 0 N–H and O–H groups in total. The van der Waals surface area contributed by atoms with Gasteiger partial charge in [-0.3, -0.25) is 4.79 Å². The van der Waals surface area contributed by atoms with E-state index in [9.17, 15) is 4.79 Å². The highest BCUT2D eigenvalue weighted by molar-refractivity contribution is 7.81. The maximum atomic E-state index is 11.6. The Hall–Kier alpha value is -0.690. The van der Waals surface area contributed by atoms with Crippen molar-refractivity contribution in [2.75, 3.05) is 13.1 Å². The molecule has 4 heteroatoms.